The maximum absolute atomic E-state index is 12.6. The number of carbonyl (C=O) groups is 4. The number of carbonyl (C=O) groups excluding carboxylic acids is 4. The molecule has 3 N–H and O–H groups in total. The molecule has 190 valence electrons. The number of nitrogens with one attached hydrogen (secondary N) is 1. The van der Waals surface area contributed by atoms with Crippen LogP contribution in [0.3, 0.4) is 0 Å². The summed E-state index contributed by atoms with van der Waals surface area (Å²) >= 11 is 0. The molecule has 0 aromatic carbocycles. The fraction of sp³-hybridized carbons (Fsp3) is 0.769. The van der Waals surface area contributed by atoms with Crippen LogP contribution in [0.4, 0.5) is 0 Å². The number of ketones is 3. The molecule has 0 aromatic rings. The predicted octanol–water partition coefficient (Wildman–Crippen LogP) is 3.98. The monoisotopic (exact) mass is 467 g/mol. The van der Waals surface area contributed by atoms with E-state index >= 15 is 0 Å². The normalized spacial score (nSPS) is 14.6. The highest BCUT2D eigenvalue weighted by atomic mass is 16.3. The molecule has 0 fully saturated rings. The minimum absolute atomic E-state index is 0.626. The summed E-state index contributed by atoms with van der Waals surface area (Å²) in [5.41, 5.74) is -5.38. The van der Waals surface area contributed by atoms with Crippen molar-refractivity contribution in [1.29, 1.82) is 0 Å². The van der Waals surface area contributed by atoms with Gasteiger partial charge in [0, 0.05) is 6.92 Å². The van der Waals surface area contributed by atoms with Crippen LogP contribution < -0.4 is 5.32 Å². The average Bonchev–Trinajstić information content (AvgIpc) is 2.73. The van der Waals surface area contributed by atoms with Gasteiger partial charge in [-0.1, -0.05) is 83.3 Å². The van der Waals surface area contributed by atoms with E-state index in [2.05, 4.69) is 12.2 Å². The van der Waals surface area contributed by atoms with Gasteiger partial charge in [-0.25, -0.2) is 0 Å². The summed E-state index contributed by atoms with van der Waals surface area (Å²) in [6, 6.07) is 0. The number of amides is 1. The molecule has 0 aliphatic rings. The molecular formula is C26H45NO6. The first-order valence-corrected chi connectivity index (χ1v) is 12.4. The number of aliphatic hydroxyl groups is 2. The number of Topliss-reactive ketones (excluding diaryl/α,β-unsaturated/α-hetero) is 3. The van der Waals surface area contributed by atoms with Gasteiger partial charge in [-0.15, -0.1) is 0 Å². The van der Waals surface area contributed by atoms with E-state index in [9.17, 15) is 29.4 Å². The van der Waals surface area contributed by atoms with E-state index in [1.807, 2.05) is 0 Å². The Kier molecular flexibility index (Phi) is 15.0. The van der Waals surface area contributed by atoms with Gasteiger partial charge in [-0.2, -0.15) is 0 Å². The fourth-order valence-corrected chi connectivity index (χ4v) is 4.31. The lowest BCUT2D eigenvalue weighted by molar-refractivity contribution is -0.171. The topological polar surface area (TPSA) is 121 Å². The van der Waals surface area contributed by atoms with E-state index in [-0.39, 0.29) is 0 Å². The van der Waals surface area contributed by atoms with Gasteiger partial charge < -0.3 is 15.5 Å². The number of allylic oxidation sites excluding steroid dienone is 1. The number of hydrogen-bond acceptors (Lipinski definition) is 6. The second kappa shape index (κ2) is 15.9. The highest BCUT2D eigenvalue weighted by Gasteiger charge is 2.64. The zero-order valence-corrected chi connectivity index (χ0v) is 21.2. The van der Waals surface area contributed by atoms with Gasteiger partial charge in [0.2, 0.25) is 11.5 Å². The zero-order chi connectivity index (χ0) is 25.5. The molecule has 0 aliphatic carbocycles. The molecule has 0 radical (unpaired) electrons. The molecule has 0 spiro atoms. The van der Waals surface area contributed by atoms with Gasteiger partial charge in [0.25, 0.3) is 0 Å². The standard InChI is InChI=1S/C26H45NO6/c1-6-7-8-9-10-11-12-13-14-15-16-17-18-19-24(32)25(20(2)28,27-23(5)31)26(33,21(3)29)22(4)30/h18-19,24,32-33H,6-17H2,1-5H3,(H,27,31)/b19-18+/t24-,25-/m1/s1. The van der Waals surface area contributed by atoms with Crippen molar-refractivity contribution in [3.05, 3.63) is 12.2 Å². The number of unbranched alkanes of at least 4 members (excludes halogenated alkanes) is 11. The molecule has 0 aliphatic heterocycles. The van der Waals surface area contributed by atoms with E-state index in [4.69, 9.17) is 0 Å². The van der Waals surface area contributed by atoms with Crippen molar-refractivity contribution in [3.8, 4) is 0 Å². The Bertz CT molecular complexity index is 658. The summed E-state index contributed by atoms with van der Waals surface area (Å²) in [4.78, 5) is 48.8. The van der Waals surface area contributed by atoms with Crippen molar-refractivity contribution >= 4 is 23.3 Å². The van der Waals surface area contributed by atoms with Crippen LogP contribution in [0.1, 0.15) is 112 Å². The van der Waals surface area contributed by atoms with Crippen molar-refractivity contribution in [2.24, 2.45) is 0 Å². The second-order valence-corrected chi connectivity index (χ2v) is 9.07. The summed E-state index contributed by atoms with van der Waals surface area (Å²) < 4.78 is 0. The zero-order valence-electron chi connectivity index (χ0n) is 21.2. The van der Waals surface area contributed by atoms with E-state index in [0.717, 1.165) is 47.0 Å². The van der Waals surface area contributed by atoms with Crippen LogP contribution in [-0.2, 0) is 19.2 Å². The van der Waals surface area contributed by atoms with Crippen LogP contribution in [0.15, 0.2) is 12.2 Å². The second-order valence-electron chi connectivity index (χ2n) is 9.07. The molecular weight excluding hydrogens is 422 g/mol. The van der Waals surface area contributed by atoms with E-state index in [1.165, 1.54) is 57.4 Å². The first-order chi connectivity index (χ1) is 15.5. The molecule has 0 aromatic heterocycles. The van der Waals surface area contributed by atoms with Crippen molar-refractivity contribution in [1.82, 2.24) is 5.32 Å². The lowest BCUT2D eigenvalue weighted by atomic mass is 9.68. The minimum atomic E-state index is -2.88. The SMILES string of the molecule is CCCCCCCCCCCCC/C=C/[C@@H](O)[C@](NC(C)=O)(C(C)=O)C(O)(C(C)=O)C(C)=O. The van der Waals surface area contributed by atoms with Crippen LogP contribution in [0.25, 0.3) is 0 Å². The Morgan fingerprint density at radius 3 is 1.55 bits per heavy atom. The molecule has 0 rings (SSSR count). The molecule has 0 saturated carbocycles. The molecule has 0 unspecified atom stereocenters. The van der Waals surface area contributed by atoms with Crippen molar-refractivity contribution in [3.63, 3.8) is 0 Å². The molecule has 33 heavy (non-hydrogen) atoms. The van der Waals surface area contributed by atoms with Gasteiger partial charge in [0.05, 0.1) is 0 Å². The molecule has 7 heteroatoms. The largest absolute Gasteiger partial charge is 0.386 e. The third kappa shape index (κ3) is 9.13. The third-order valence-corrected chi connectivity index (χ3v) is 6.25. The van der Waals surface area contributed by atoms with E-state index < -0.39 is 40.5 Å². The Morgan fingerprint density at radius 1 is 0.758 bits per heavy atom. The lowest BCUT2D eigenvalue weighted by Crippen LogP contribution is -2.78. The van der Waals surface area contributed by atoms with Crippen LogP contribution >= 0.6 is 0 Å². The molecule has 0 heterocycles. The highest BCUT2D eigenvalue weighted by molar-refractivity contribution is 6.16. The van der Waals surface area contributed by atoms with Crippen LogP contribution in [-0.4, -0.2) is 50.7 Å². The van der Waals surface area contributed by atoms with E-state index in [0.29, 0.717) is 6.42 Å². The number of rotatable bonds is 19. The summed E-state index contributed by atoms with van der Waals surface area (Å²) in [6.45, 7) is 6.22. The Morgan fingerprint density at radius 2 is 1.18 bits per heavy atom. The Hall–Kier alpha value is -1.86. The highest BCUT2D eigenvalue weighted by Crippen LogP contribution is 2.31. The maximum Gasteiger partial charge on any atom is 0.217 e. The van der Waals surface area contributed by atoms with Crippen molar-refractivity contribution in [2.75, 3.05) is 0 Å². The van der Waals surface area contributed by atoms with E-state index in [1.54, 1.807) is 6.08 Å². The average molecular weight is 468 g/mol. The smallest absolute Gasteiger partial charge is 0.217 e. The third-order valence-electron chi connectivity index (χ3n) is 6.25. The van der Waals surface area contributed by atoms with Crippen LogP contribution in [0.2, 0.25) is 0 Å². The summed E-state index contributed by atoms with van der Waals surface area (Å²) in [5.74, 6) is -3.71. The summed E-state index contributed by atoms with van der Waals surface area (Å²) in [7, 11) is 0. The molecule has 1 amide bonds. The number of hydrogen-bond donors (Lipinski definition) is 3. The van der Waals surface area contributed by atoms with Crippen molar-refractivity contribution < 1.29 is 29.4 Å². The van der Waals surface area contributed by atoms with Crippen molar-refractivity contribution in [2.45, 2.75) is 129 Å². The van der Waals surface area contributed by atoms with Gasteiger partial charge in [-0.05, 0) is 33.6 Å². The van der Waals surface area contributed by atoms with Crippen LogP contribution in [0, 0.1) is 0 Å². The predicted molar refractivity (Wildman–Crippen MR) is 130 cm³/mol. The minimum Gasteiger partial charge on any atom is -0.386 e. The summed E-state index contributed by atoms with van der Waals surface area (Å²) in [5, 5.41) is 24.0. The fourth-order valence-electron chi connectivity index (χ4n) is 4.31. The Balaban J connectivity index is 4.89. The van der Waals surface area contributed by atoms with Gasteiger partial charge >= 0.3 is 0 Å². The number of aliphatic hydroxyl groups excluding tert-OH is 1. The van der Waals surface area contributed by atoms with Crippen LogP contribution in [0.5, 0.6) is 0 Å². The van der Waals surface area contributed by atoms with Gasteiger partial charge in [-0.3, -0.25) is 19.2 Å². The summed E-state index contributed by atoms with van der Waals surface area (Å²) in [6.07, 6.45) is 15.1. The molecule has 0 saturated heterocycles. The van der Waals surface area contributed by atoms with Gasteiger partial charge in [0.15, 0.2) is 22.9 Å². The Labute approximate surface area is 199 Å². The first-order valence-electron chi connectivity index (χ1n) is 12.4. The first kappa shape index (κ1) is 31.1. The molecule has 0 bridgehead atoms. The molecule has 7 nitrogen and oxygen atoms in total. The lowest BCUT2D eigenvalue weighted by Gasteiger charge is -2.44. The maximum atomic E-state index is 12.6. The molecule has 2 atom stereocenters. The quantitative estimate of drug-likeness (QED) is 0.150. The van der Waals surface area contributed by atoms with Gasteiger partial charge in [0.1, 0.15) is 6.10 Å².